The van der Waals surface area contributed by atoms with Gasteiger partial charge in [-0.15, -0.1) is 0 Å². The molecule has 0 spiro atoms. The summed E-state index contributed by atoms with van der Waals surface area (Å²) in [5.74, 6) is 0.169. The summed E-state index contributed by atoms with van der Waals surface area (Å²) in [6.45, 7) is 22.2. The molecule has 0 saturated heterocycles. The first-order valence-electron chi connectivity index (χ1n) is 20.9. The summed E-state index contributed by atoms with van der Waals surface area (Å²) in [7, 11) is 0. The standard InChI is InChI=1S/C46H67NO6/c1-28(2)38-32(48)24-46(35(49)27-47-23-18-29-12-10-11-13-30(29)26-47)22-21-44(8)31(39(38)46)14-15-34-43(7)19-17-36(53-37(50)25-41(3,4)40(51)52)42(5,6)33(43)16-20-45(34,44)9/h10-13,28,31,33-36,49H,14-27H2,1-9H3,(H,51,52)/t31-,33+,34-,35-,36+,43+,44-,45-,46+/m1/s1. The van der Waals surface area contributed by atoms with E-state index in [4.69, 9.17) is 4.74 Å². The van der Waals surface area contributed by atoms with Gasteiger partial charge in [0.15, 0.2) is 5.78 Å². The topological polar surface area (TPSA) is 104 Å². The number of hydrogen-bond acceptors (Lipinski definition) is 6. The number of esters is 1. The Kier molecular flexibility index (Phi) is 9.53. The number of fused-ring (bicyclic) bond motifs is 8. The highest BCUT2D eigenvalue weighted by Crippen LogP contribution is 2.77. The molecular weight excluding hydrogens is 663 g/mol. The number of carbonyl (C=O) groups excluding carboxylic acids is 2. The summed E-state index contributed by atoms with van der Waals surface area (Å²) >= 11 is 0. The largest absolute Gasteiger partial charge is 0.481 e. The van der Waals surface area contributed by atoms with Crippen LogP contribution in [0, 0.1) is 56.2 Å². The molecule has 1 aromatic rings. The average molecular weight is 730 g/mol. The van der Waals surface area contributed by atoms with Crippen molar-refractivity contribution in [3.8, 4) is 0 Å². The molecule has 0 radical (unpaired) electrons. The molecule has 6 aliphatic rings. The van der Waals surface area contributed by atoms with Crippen LogP contribution in [-0.2, 0) is 32.1 Å². The molecule has 292 valence electrons. The maximum atomic E-state index is 14.2. The molecule has 53 heavy (non-hydrogen) atoms. The van der Waals surface area contributed by atoms with Crippen LogP contribution in [0.1, 0.15) is 138 Å². The first-order chi connectivity index (χ1) is 24.7. The van der Waals surface area contributed by atoms with E-state index in [0.29, 0.717) is 24.8 Å². The SMILES string of the molecule is CC(C)C1=C2[C@H]3CC[C@@H]4[C@@]5(C)CC[C@H](OC(=O)CC(C)(C)C(=O)O)C(C)(C)[C@@H]5CC[C@@]4(C)[C@]3(C)CC[C@@]2([C@H](O)CN2CCc3ccccc3C2)CC1=O. The fourth-order valence-corrected chi connectivity index (χ4v) is 14.0. The molecule has 0 unspecified atom stereocenters. The van der Waals surface area contributed by atoms with Gasteiger partial charge in [-0.05, 0) is 128 Å². The number of rotatable bonds is 8. The van der Waals surface area contributed by atoms with Gasteiger partial charge in [0, 0.05) is 36.9 Å². The molecule has 9 atom stereocenters. The summed E-state index contributed by atoms with van der Waals surface area (Å²) in [6.07, 6.45) is 8.49. The smallest absolute Gasteiger partial charge is 0.309 e. The molecule has 0 aromatic heterocycles. The van der Waals surface area contributed by atoms with Gasteiger partial charge in [-0.2, -0.15) is 0 Å². The van der Waals surface area contributed by atoms with Crippen LogP contribution in [0.25, 0.3) is 0 Å². The van der Waals surface area contributed by atoms with E-state index in [1.807, 2.05) is 0 Å². The Morgan fingerprint density at radius 2 is 1.62 bits per heavy atom. The Bertz CT molecular complexity index is 1690. The first kappa shape index (κ1) is 38.8. The van der Waals surface area contributed by atoms with Crippen LogP contribution in [0.2, 0.25) is 0 Å². The summed E-state index contributed by atoms with van der Waals surface area (Å²) in [5, 5.41) is 22.1. The molecule has 4 fully saturated rings. The number of benzene rings is 1. The van der Waals surface area contributed by atoms with Crippen molar-refractivity contribution in [2.75, 3.05) is 13.1 Å². The molecular formula is C46H67NO6. The summed E-state index contributed by atoms with van der Waals surface area (Å²) in [5.41, 5.74) is 3.41. The second-order valence-electron chi connectivity index (χ2n) is 20.8. The monoisotopic (exact) mass is 729 g/mol. The molecule has 2 N–H and O–H groups in total. The van der Waals surface area contributed by atoms with Crippen molar-refractivity contribution in [2.24, 2.45) is 56.2 Å². The fraction of sp³-hybridized carbons (Fsp3) is 0.761. The van der Waals surface area contributed by atoms with Crippen molar-refractivity contribution in [3.63, 3.8) is 0 Å². The fourth-order valence-electron chi connectivity index (χ4n) is 14.0. The highest BCUT2D eigenvalue weighted by atomic mass is 16.5. The number of aliphatic hydroxyl groups excluding tert-OH is 1. The summed E-state index contributed by atoms with van der Waals surface area (Å²) < 4.78 is 6.18. The van der Waals surface area contributed by atoms with Crippen molar-refractivity contribution < 1.29 is 29.3 Å². The van der Waals surface area contributed by atoms with Crippen molar-refractivity contribution in [1.82, 2.24) is 4.90 Å². The zero-order valence-corrected chi connectivity index (χ0v) is 34.1. The third-order valence-corrected chi connectivity index (χ3v) is 17.1. The van der Waals surface area contributed by atoms with Gasteiger partial charge in [-0.1, -0.05) is 78.3 Å². The maximum Gasteiger partial charge on any atom is 0.309 e. The molecule has 1 aliphatic heterocycles. The first-order valence-corrected chi connectivity index (χ1v) is 20.9. The van der Waals surface area contributed by atoms with Gasteiger partial charge >= 0.3 is 11.9 Å². The molecule has 1 aromatic carbocycles. The van der Waals surface area contributed by atoms with Gasteiger partial charge in [0.25, 0.3) is 0 Å². The Labute approximate surface area is 318 Å². The number of Topliss-reactive ketones (excluding diaryl/α,β-unsaturated/α-hetero) is 1. The second-order valence-corrected chi connectivity index (χ2v) is 20.8. The number of nitrogens with zero attached hydrogens (tertiary/aromatic N) is 1. The van der Waals surface area contributed by atoms with Crippen LogP contribution in [-0.4, -0.2) is 58.1 Å². The average Bonchev–Trinajstić information content (AvgIpc) is 3.39. The maximum absolute atomic E-state index is 14.2. The minimum Gasteiger partial charge on any atom is -0.481 e. The number of allylic oxidation sites excluding steroid dienone is 1. The lowest BCUT2D eigenvalue weighted by molar-refractivity contribution is -0.235. The van der Waals surface area contributed by atoms with Crippen molar-refractivity contribution >= 4 is 17.7 Å². The number of ketones is 1. The quantitative estimate of drug-likeness (QED) is 0.258. The summed E-state index contributed by atoms with van der Waals surface area (Å²) in [4.78, 5) is 41.5. The molecule has 7 nitrogen and oxygen atoms in total. The number of aliphatic carboxylic acids is 1. The van der Waals surface area contributed by atoms with Crippen LogP contribution < -0.4 is 0 Å². The minimum atomic E-state index is -1.16. The van der Waals surface area contributed by atoms with Crippen LogP contribution in [0.4, 0.5) is 0 Å². The van der Waals surface area contributed by atoms with Crippen LogP contribution in [0.3, 0.4) is 0 Å². The second kappa shape index (κ2) is 13.0. The predicted molar refractivity (Wildman–Crippen MR) is 207 cm³/mol. The lowest BCUT2D eigenvalue weighted by atomic mass is 9.33. The summed E-state index contributed by atoms with van der Waals surface area (Å²) in [6, 6.07) is 8.68. The number of hydrogen-bond donors (Lipinski definition) is 2. The van der Waals surface area contributed by atoms with Gasteiger partial charge < -0.3 is 14.9 Å². The number of ether oxygens (including phenoxy) is 1. The van der Waals surface area contributed by atoms with E-state index in [2.05, 4.69) is 77.6 Å². The van der Waals surface area contributed by atoms with E-state index in [0.717, 1.165) is 76.5 Å². The molecule has 0 amide bonds. The normalized spacial score (nSPS) is 38.7. The molecule has 7 heteroatoms. The Balaban J connectivity index is 1.16. The van der Waals surface area contributed by atoms with Crippen molar-refractivity contribution in [2.45, 2.75) is 152 Å². The number of β-amino-alcohol motifs (C(OH)–C–C–N with tert-alkyl or cyclic N) is 1. The van der Waals surface area contributed by atoms with E-state index < -0.39 is 28.9 Å². The minimum absolute atomic E-state index is 0.00709. The predicted octanol–water partition coefficient (Wildman–Crippen LogP) is 8.80. The molecule has 5 aliphatic carbocycles. The Hall–Kier alpha value is -2.51. The zero-order chi connectivity index (χ0) is 38.5. The lowest BCUT2D eigenvalue weighted by Crippen LogP contribution is -2.66. The third-order valence-electron chi connectivity index (χ3n) is 17.1. The number of carbonyl (C=O) groups is 3. The van der Waals surface area contributed by atoms with Gasteiger partial charge in [0.1, 0.15) is 6.10 Å². The van der Waals surface area contributed by atoms with E-state index in [1.54, 1.807) is 13.8 Å². The van der Waals surface area contributed by atoms with Gasteiger partial charge in [-0.25, -0.2) is 0 Å². The zero-order valence-electron chi connectivity index (χ0n) is 34.1. The van der Waals surface area contributed by atoms with E-state index >= 15 is 0 Å². The van der Waals surface area contributed by atoms with Gasteiger partial charge in [0.05, 0.1) is 17.9 Å². The lowest BCUT2D eigenvalue weighted by Gasteiger charge is -2.72. The third kappa shape index (κ3) is 5.82. The molecule has 4 saturated carbocycles. The Morgan fingerprint density at radius 1 is 0.925 bits per heavy atom. The number of aliphatic hydroxyl groups is 1. The van der Waals surface area contributed by atoms with Gasteiger partial charge in [-0.3, -0.25) is 19.3 Å². The molecule has 0 bridgehead atoms. The highest BCUT2D eigenvalue weighted by molar-refractivity contribution is 6.00. The van der Waals surface area contributed by atoms with E-state index in [-0.39, 0.29) is 51.8 Å². The Morgan fingerprint density at radius 3 is 2.30 bits per heavy atom. The van der Waals surface area contributed by atoms with Crippen LogP contribution in [0.5, 0.6) is 0 Å². The number of carboxylic acids is 1. The van der Waals surface area contributed by atoms with E-state index in [9.17, 15) is 24.6 Å². The van der Waals surface area contributed by atoms with Crippen LogP contribution >= 0.6 is 0 Å². The molecule has 1 heterocycles. The number of carboxylic acid groups (broad SMARTS) is 1. The van der Waals surface area contributed by atoms with Crippen molar-refractivity contribution in [1.29, 1.82) is 0 Å². The van der Waals surface area contributed by atoms with E-state index in [1.165, 1.54) is 16.7 Å². The molecule has 7 rings (SSSR count). The van der Waals surface area contributed by atoms with Gasteiger partial charge in [0.2, 0.25) is 0 Å². The van der Waals surface area contributed by atoms with Crippen LogP contribution in [0.15, 0.2) is 35.4 Å². The van der Waals surface area contributed by atoms with Crippen molar-refractivity contribution in [3.05, 3.63) is 46.5 Å². The highest BCUT2D eigenvalue weighted by Gasteiger charge is 2.71.